The number of amides is 1. The number of pyridine rings is 1. The number of aliphatic hydroxyl groups excluding tert-OH is 1. The van der Waals surface area contributed by atoms with Crippen molar-refractivity contribution < 1.29 is 23.8 Å². The van der Waals surface area contributed by atoms with Gasteiger partial charge in [0.2, 0.25) is 0 Å². The van der Waals surface area contributed by atoms with Crippen LogP contribution in [-0.4, -0.2) is 33.8 Å². The van der Waals surface area contributed by atoms with Crippen LogP contribution < -0.4 is 4.74 Å². The maximum Gasteiger partial charge on any atom is 0.296 e. The molecule has 1 N–H and O–H groups in total. The number of likely N-dealkylation sites (tertiary alicyclic amines) is 1. The highest BCUT2D eigenvalue weighted by atomic mass is 35.5. The molecule has 1 fully saturated rings. The van der Waals surface area contributed by atoms with E-state index in [9.17, 15) is 19.1 Å². The first-order chi connectivity index (χ1) is 15.4. The van der Waals surface area contributed by atoms with Gasteiger partial charge in [0.15, 0.2) is 0 Å². The predicted octanol–water partition coefficient (Wildman–Crippen LogP) is 4.50. The number of carbonyl (C=O) groups is 2. The molecule has 3 aromatic rings. The molecule has 1 aliphatic heterocycles. The van der Waals surface area contributed by atoms with Crippen molar-refractivity contribution in [2.24, 2.45) is 0 Å². The van der Waals surface area contributed by atoms with E-state index in [1.54, 1.807) is 30.3 Å². The zero-order chi connectivity index (χ0) is 22.8. The van der Waals surface area contributed by atoms with E-state index >= 15 is 0 Å². The molecule has 4 rings (SSSR count). The van der Waals surface area contributed by atoms with E-state index < -0.39 is 29.3 Å². The van der Waals surface area contributed by atoms with Crippen LogP contribution in [-0.2, 0) is 16.1 Å². The number of carbonyl (C=O) groups excluding carboxylic acids is 2. The average molecular weight is 453 g/mol. The van der Waals surface area contributed by atoms with Crippen molar-refractivity contribution in [1.82, 2.24) is 9.88 Å². The summed E-state index contributed by atoms with van der Waals surface area (Å²) in [6.45, 7) is 0.0234. The van der Waals surface area contributed by atoms with Crippen LogP contribution in [0.1, 0.15) is 22.9 Å². The van der Waals surface area contributed by atoms with Gasteiger partial charge in [-0.1, -0.05) is 29.8 Å². The lowest BCUT2D eigenvalue weighted by Crippen LogP contribution is -2.29. The highest BCUT2D eigenvalue weighted by Gasteiger charge is 2.47. The summed E-state index contributed by atoms with van der Waals surface area (Å²) in [5.74, 6) is -2.20. The smallest absolute Gasteiger partial charge is 0.296 e. The topological polar surface area (TPSA) is 79.7 Å². The maximum absolute atomic E-state index is 13.3. The van der Waals surface area contributed by atoms with Crippen LogP contribution >= 0.6 is 11.6 Å². The number of methoxy groups -OCH3 is 1. The molecule has 1 atom stereocenters. The van der Waals surface area contributed by atoms with Crippen molar-refractivity contribution in [2.75, 3.05) is 7.11 Å². The molecule has 2 aromatic carbocycles. The summed E-state index contributed by atoms with van der Waals surface area (Å²) >= 11 is 6.10. The fourth-order valence-electron chi connectivity index (χ4n) is 3.69. The molecule has 0 radical (unpaired) electrons. The molecule has 6 nitrogen and oxygen atoms in total. The minimum Gasteiger partial charge on any atom is -0.507 e. The Morgan fingerprint density at radius 1 is 1.16 bits per heavy atom. The van der Waals surface area contributed by atoms with Crippen molar-refractivity contribution in [2.45, 2.75) is 12.6 Å². The van der Waals surface area contributed by atoms with Gasteiger partial charge in [0.1, 0.15) is 23.4 Å². The summed E-state index contributed by atoms with van der Waals surface area (Å²) in [7, 11) is 1.42. The largest absolute Gasteiger partial charge is 0.507 e. The second-order valence-electron chi connectivity index (χ2n) is 7.15. The van der Waals surface area contributed by atoms with Crippen LogP contribution in [0, 0.1) is 5.82 Å². The normalized spacial score (nSPS) is 17.6. The zero-order valence-corrected chi connectivity index (χ0v) is 17.7. The van der Waals surface area contributed by atoms with Gasteiger partial charge in [-0.25, -0.2) is 4.39 Å². The van der Waals surface area contributed by atoms with Crippen LogP contribution in [0.15, 0.2) is 72.4 Å². The highest BCUT2D eigenvalue weighted by Crippen LogP contribution is 2.41. The number of aromatic nitrogens is 1. The van der Waals surface area contributed by atoms with E-state index in [0.29, 0.717) is 16.3 Å². The van der Waals surface area contributed by atoms with E-state index in [2.05, 4.69) is 4.98 Å². The minimum atomic E-state index is -0.954. The Labute approximate surface area is 188 Å². The van der Waals surface area contributed by atoms with Gasteiger partial charge in [0, 0.05) is 17.8 Å². The van der Waals surface area contributed by atoms with Crippen LogP contribution in [0.5, 0.6) is 5.75 Å². The van der Waals surface area contributed by atoms with Gasteiger partial charge in [-0.2, -0.15) is 0 Å². The van der Waals surface area contributed by atoms with Gasteiger partial charge in [-0.05, 0) is 48.0 Å². The summed E-state index contributed by atoms with van der Waals surface area (Å²) in [4.78, 5) is 31.7. The number of Topliss-reactive ketones (excluding diaryl/α,β-unsaturated/α-hetero) is 1. The SMILES string of the molecule is COc1ccc(Cl)cc1/C(O)=C1\C(=O)C(=O)N(Cc2ccc(F)cc2)C1c1ccccn1. The third kappa shape index (κ3) is 3.94. The fourth-order valence-corrected chi connectivity index (χ4v) is 3.86. The molecule has 2 heterocycles. The molecular weight excluding hydrogens is 435 g/mol. The first-order valence-electron chi connectivity index (χ1n) is 9.68. The number of hydrogen-bond donors (Lipinski definition) is 1. The minimum absolute atomic E-state index is 0.0234. The number of rotatable bonds is 5. The molecule has 1 amide bonds. The third-order valence-electron chi connectivity index (χ3n) is 5.19. The van der Waals surface area contributed by atoms with Gasteiger partial charge >= 0.3 is 0 Å². The molecule has 8 heteroatoms. The van der Waals surface area contributed by atoms with Crippen LogP contribution in [0.3, 0.4) is 0 Å². The first-order valence-corrected chi connectivity index (χ1v) is 10.1. The Morgan fingerprint density at radius 2 is 1.91 bits per heavy atom. The van der Waals surface area contributed by atoms with Gasteiger partial charge in [-0.15, -0.1) is 0 Å². The van der Waals surface area contributed by atoms with E-state index in [1.165, 1.54) is 48.5 Å². The lowest BCUT2D eigenvalue weighted by atomic mass is 9.97. The number of halogens is 2. The first kappa shape index (κ1) is 21.5. The number of ketones is 1. The van der Waals surface area contributed by atoms with Crippen molar-refractivity contribution in [3.63, 3.8) is 0 Å². The van der Waals surface area contributed by atoms with Crippen molar-refractivity contribution in [3.8, 4) is 5.75 Å². The van der Waals surface area contributed by atoms with Crippen molar-refractivity contribution in [3.05, 3.63) is 100 Å². The van der Waals surface area contributed by atoms with Gasteiger partial charge in [0.25, 0.3) is 11.7 Å². The summed E-state index contributed by atoms with van der Waals surface area (Å²) < 4.78 is 18.6. The summed E-state index contributed by atoms with van der Waals surface area (Å²) in [5, 5.41) is 11.5. The van der Waals surface area contributed by atoms with Gasteiger partial charge in [0.05, 0.1) is 23.9 Å². The van der Waals surface area contributed by atoms with E-state index in [0.717, 1.165) is 0 Å². The van der Waals surface area contributed by atoms with Gasteiger partial charge in [-0.3, -0.25) is 14.6 Å². The number of ether oxygens (including phenoxy) is 1. The Bertz CT molecular complexity index is 1210. The molecule has 0 aliphatic carbocycles. The third-order valence-corrected chi connectivity index (χ3v) is 5.43. The molecule has 162 valence electrons. The molecule has 0 spiro atoms. The number of benzene rings is 2. The number of nitrogens with zero attached hydrogens (tertiary/aromatic N) is 2. The molecule has 0 bridgehead atoms. The average Bonchev–Trinajstić information content (AvgIpc) is 3.05. The Balaban J connectivity index is 1.88. The molecule has 0 saturated carbocycles. The van der Waals surface area contributed by atoms with Crippen LogP contribution in [0.2, 0.25) is 5.02 Å². The van der Waals surface area contributed by atoms with Crippen LogP contribution in [0.4, 0.5) is 4.39 Å². The van der Waals surface area contributed by atoms with Crippen molar-refractivity contribution in [1.29, 1.82) is 0 Å². The summed E-state index contributed by atoms with van der Waals surface area (Å²) in [6.07, 6.45) is 1.54. The molecular formula is C24H18ClFN2O4. The Morgan fingerprint density at radius 3 is 2.56 bits per heavy atom. The van der Waals surface area contributed by atoms with E-state index in [-0.39, 0.29) is 23.4 Å². The molecule has 32 heavy (non-hydrogen) atoms. The predicted molar refractivity (Wildman–Crippen MR) is 116 cm³/mol. The van der Waals surface area contributed by atoms with E-state index in [4.69, 9.17) is 16.3 Å². The van der Waals surface area contributed by atoms with Gasteiger partial charge < -0.3 is 14.7 Å². The van der Waals surface area contributed by atoms with Crippen molar-refractivity contribution >= 4 is 29.1 Å². The lowest BCUT2D eigenvalue weighted by molar-refractivity contribution is -0.140. The molecule has 1 aliphatic rings. The molecule has 1 aromatic heterocycles. The second kappa shape index (κ2) is 8.80. The lowest BCUT2D eigenvalue weighted by Gasteiger charge is -2.24. The number of hydrogen-bond acceptors (Lipinski definition) is 5. The zero-order valence-electron chi connectivity index (χ0n) is 17.0. The molecule has 1 saturated heterocycles. The van der Waals surface area contributed by atoms with E-state index in [1.807, 2.05) is 0 Å². The van der Waals surface area contributed by atoms with Crippen LogP contribution in [0.25, 0.3) is 5.76 Å². The standard InChI is InChI=1S/C24H18ClFN2O4/c1-32-19-10-7-15(25)12-17(19)22(29)20-21(18-4-2-3-11-27-18)28(24(31)23(20)30)13-14-5-8-16(26)9-6-14/h2-12,21,29H,13H2,1H3/b22-20+. The molecule has 1 unspecified atom stereocenters. The maximum atomic E-state index is 13.3. The second-order valence-corrected chi connectivity index (χ2v) is 7.59. The number of aliphatic hydroxyl groups is 1. The Hall–Kier alpha value is -3.71. The quantitative estimate of drug-likeness (QED) is 0.350. The summed E-state index contributed by atoms with van der Waals surface area (Å²) in [6, 6.07) is 14.4. The monoisotopic (exact) mass is 452 g/mol. The fraction of sp³-hybridized carbons (Fsp3) is 0.125. The summed E-state index contributed by atoms with van der Waals surface area (Å²) in [5.41, 5.74) is 1.07. The Kier molecular flexibility index (Phi) is 5.92. The highest BCUT2D eigenvalue weighted by molar-refractivity contribution is 6.46.